The lowest BCUT2D eigenvalue weighted by Gasteiger charge is -2.06. The van der Waals surface area contributed by atoms with E-state index in [9.17, 15) is 9.59 Å². The van der Waals surface area contributed by atoms with Gasteiger partial charge in [0.15, 0.2) is 0 Å². The number of nitrogens with one attached hydrogen (secondary N) is 2. The van der Waals surface area contributed by atoms with Crippen LogP contribution in [0.2, 0.25) is 20.1 Å². The summed E-state index contributed by atoms with van der Waals surface area (Å²) in [6, 6.07) is 16.9. The fraction of sp³-hybridized carbons (Fsp3) is 0. The number of benzene rings is 3. The van der Waals surface area contributed by atoms with E-state index in [1.807, 2.05) is 0 Å². The highest BCUT2D eigenvalue weighted by Crippen LogP contribution is 2.26. The molecule has 0 atom stereocenters. The molecular weight excluding hydrogens is 490 g/mol. The van der Waals surface area contributed by atoms with Crippen molar-refractivity contribution in [2.24, 2.45) is 0 Å². The van der Waals surface area contributed by atoms with Crippen molar-refractivity contribution in [3.63, 3.8) is 0 Å². The maximum Gasteiger partial charge on any atom is 0.248 e. The quantitative estimate of drug-likeness (QED) is 0.339. The molecule has 3 aromatic rings. The molecule has 3 rings (SSSR count). The molecule has 0 bridgehead atoms. The van der Waals surface area contributed by atoms with Crippen molar-refractivity contribution in [3.8, 4) is 0 Å². The standard InChI is InChI=1S/C24H16Cl4N2O2/c25-19-3-1-4-20(26)17(19)11-13-23(31)29-15-7-9-16(10-8-15)30-24(32)14-12-18-21(27)5-2-6-22(18)28/h1-14H,(H,29,31)(H,30,32)/b13-11+,14-12+. The van der Waals surface area contributed by atoms with Gasteiger partial charge in [-0.3, -0.25) is 9.59 Å². The highest BCUT2D eigenvalue weighted by Gasteiger charge is 2.05. The maximum absolute atomic E-state index is 12.2. The molecule has 162 valence electrons. The third-order valence-electron chi connectivity index (χ3n) is 4.22. The van der Waals surface area contributed by atoms with Crippen molar-refractivity contribution in [2.75, 3.05) is 10.6 Å². The lowest BCUT2D eigenvalue weighted by Crippen LogP contribution is -2.09. The summed E-state index contributed by atoms with van der Waals surface area (Å²) in [5.41, 5.74) is 2.24. The topological polar surface area (TPSA) is 58.2 Å². The van der Waals surface area contributed by atoms with Gasteiger partial charge in [-0.05, 0) is 60.7 Å². The van der Waals surface area contributed by atoms with Gasteiger partial charge in [-0.2, -0.15) is 0 Å². The van der Waals surface area contributed by atoms with Crippen LogP contribution in [0.1, 0.15) is 11.1 Å². The summed E-state index contributed by atoms with van der Waals surface area (Å²) in [6.07, 6.45) is 5.78. The van der Waals surface area contributed by atoms with Crippen LogP contribution < -0.4 is 10.6 Å². The third-order valence-corrected chi connectivity index (χ3v) is 5.54. The average molecular weight is 506 g/mol. The second-order valence-electron chi connectivity index (χ2n) is 6.49. The van der Waals surface area contributed by atoms with Crippen molar-refractivity contribution < 1.29 is 9.59 Å². The van der Waals surface area contributed by atoms with E-state index < -0.39 is 0 Å². The minimum absolute atomic E-state index is 0.350. The van der Waals surface area contributed by atoms with Gasteiger partial charge in [0.25, 0.3) is 0 Å². The van der Waals surface area contributed by atoms with Crippen LogP contribution in [0.4, 0.5) is 11.4 Å². The largest absolute Gasteiger partial charge is 0.323 e. The molecule has 2 N–H and O–H groups in total. The summed E-state index contributed by atoms with van der Waals surface area (Å²) in [4.78, 5) is 24.3. The van der Waals surface area contributed by atoms with E-state index in [0.717, 1.165) is 0 Å². The summed E-state index contributed by atoms with van der Waals surface area (Å²) < 4.78 is 0. The van der Waals surface area contributed by atoms with Gasteiger partial charge in [-0.1, -0.05) is 58.5 Å². The molecule has 8 heteroatoms. The summed E-state index contributed by atoms with van der Waals surface area (Å²) >= 11 is 24.3. The Kier molecular flexibility index (Phi) is 8.37. The molecule has 0 unspecified atom stereocenters. The first-order chi connectivity index (χ1) is 15.3. The fourth-order valence-corrected chi connectivity index (χ4v) is 3.71. The molecule has 32 heavy (non-hydrogen) atoms. The zero-order valence-corrected chi connectivity index (χ0v) is 19.4. The van der Waals surface area contributed by atoms with E-state index in [0.29, 0.717) is 42.6 Å². The molecule has 0 radical (unpaired) electrons. The minimum Gasteiger partial charge on any atom is -0.323 e. The molecule has 0 aromatic heterocycles. The van der Waals surface area contributed by atoms with Gasteiger partial charge in [-0.25, -0.2) is 0 Å². The van der Waals surface area contributed by atoms with Gasteiger partial charge in [0.2, 0.25) is 11.8 Å². The lowest BCUT2D eigenvalue weighted by atomic mass is 10.2. The molecule has 0 aliphatic carbocycles. The Labute approximate surface area is 205 Å². The summed E-state index contributed by atoms with van der Waals surface area (Å²) in [5, 5.41) is 7.25. The second kappa shape index (κ2) is 11.2. The van der Waals surface area contributed by atoms with Gasteiger partial charge in [0, 0.05) is 54.7 Å². The predicted molar refractivity (Wildman–Crippen MR) is 135 cm³/mol. The van der Waals surface area contributed by atoms with Gasteiger partial charge in [0.1, 0.15) is 0 Å². The van der Waals surface area contributed by atoms with E-state index in [1.165, 1.54) is 12.2 Å². The summed E-state index contributed by atoms with van der Waals surface area (Å²) in [7, 11) is 0. The van der Waals surface area contributed by atoms with Crippen LogP contribution in [0.3, 0.4) is 0 Å². The van der Waals surface area contributed by atoms with Crippen LogP contribution in [0.25, 0.3) is 12.2 Å². The molecular formula is C24H16Cl4N2O2. The van der Waals surface area contributed by atoms with Crippen LogP contribution in [-0.4, -0.2) is 11.8 Å². The number of hydrogen-bond acceptors (Lipinski definition) is 2. The smallest absolute Gasteiger partial charge is 0.248 e. The minimum atomic E-state index is -0.350. The van der Waals surface area contributed by atoms with E-state index in [4.69, 9.17) is 46.4 Å². The van der Waals surface area contributed by atoms with Crippen LogP contribution >= 0.6 is 46.4 Å². The number of carbonyl (C=O) groups excluding carboxylic acids is 2. The summed E-state index contributed by atoms with van der Waals surface area (Å²) in [6.45, 7) is 0. The Bertz CT molecular complexity index is 1070. The molecule has 3 aromatic carbocycles. The maximum atomic E-state index is 12.2. The van der Waals surface area contributed by atoms with Gasteiger partial charge < -0.3 is 10.6 Å². The van der Waals surface area contributed by atoms with Gasteiger partial charge in [0.05, 0.1) is 0 Å². The Balaban J connectivity index is 1.58. The fourth-order valence-electron chi connectivity index (χ4n) is 2.66. The number of hydrogen-bond donors (Lipinski definition) is 2. The van der Waals surface area contributed by atoms with Crippen molar-refractivity contribution in [1.29, 1.82) is 0 Å². The molecule has 0 fully saturated rings. The molecule has 0 aliphatic rings. The molecule has 0 aliphatic heterocycles. The first-order valence-corrected chi connectivity index (χ1v) is 10.8. The van der Waals surface area contributed by atoms with Crippen LogP contribution in [0.15, 0.2) is 72.8 Å². The molecule has 2 amide bonds. The number of amides is 2. The van der Waals surface area contributed by atoms with E-state index in [1.54, 1.807) is 72.8 Å². The SMILES string of the molecule is O=C(/C=C/c1c(Cl)cccc1Cl)Nc1ccc(NC(=O)/C=C/c2c(Cl)cccc2Cl)cc1. The monoisotopic (exact) mass is 504 g/mol. The highest BCUT2D eigenvalue weighted by atomic mass is 35.5. The van der Waals surface area contributed by atoms with E-state index in [2.05, 4.69) is 10.6 Å². The molecule has 0 saturated heterocycles. The number of anilines is 2. The predicted octanol–water partition coefficient (Wildman–Crippen LogP) is 7.60. The van der Waals surface area contributed by atoms with E-state index in [-0.39, 0.29) is 11.8 Å². The van der Waals surface area contributed by atoms with Crippen molar-refractivity contribution in [2.45, 2.75) is 0 Å². The molecule has 0 heterocycles. The van der Waals surface area contributed by atoms with Crippen LogP contribution in [0, 0.1) is 0 Å². The lowest BCUT2D eigenvalue weighted by molar-refractivity contribution is -0.112. The highest BCUT2D eigenvalue weighted by molar-refractivity contribution is 6.37. The zero-order chi connectivity index (χ0) is 23.1. The Morgan fingerprint density at radius 1 is 0.562 bits per heavy atom. The zero-order valence-electron chi connectivity index (χ0n) is 16.4. The Morgan fingerprint density at radius 2 is 0.875 bits per heavy atom. The van der Waals surface area contributed by atoms with Crippen molar-refractivity contribution >= 4 is 81.7 Å². The summed E-state index contributed by atoms with van der Waals surface area (Å²) in [5.74, 6) is -0.699. The van der Waals surface area contributed by atoms with Crippen molar-refractivity contribution in [1.82, 2.24) is 0 Å². The van der Waals surface area contributed by atoms with Gasteiger partial charge in [-0.15, -0.1) is 0 Å². The molecule has 4 nitrogen and oxygen atoms in total. The van der Waals surface area contributed by atoms with E-state index >= 15 is 0 Å². The molecule has 0 saturated carbocycles. The second-order valence-corrected chi connectivity index (χ2v) is 8.12. The first kappa shape index (κ1) is 23.9. The Morgan fingerprint density at radius 3 is 1.19 bits per heavy atom. The number of carbonyl (C=O) groups is 2. The normalized spacial score (nSPS) is 11.1. The molecule has 0 spiro atoms. The first-order valence-electron chi connectivity index (χ1n) is 9.29. The Hall–Kier alpha value is -2.76. The average Bonchev–Trinajstić information content (AvgIpc) is 2.74. The van der Waals surface area contributed by atoms with Crippen molar-refractivity contribution in [3.05, 3.63) is 104 Å². The van der Waals surface area contributed by atoms with Crippen LogP contribution in [0.5, 0.6) is 0 Å². The number of rotatable bonds is 6. The van der Waals surface area contributed by atoms with Crippen LogP contribution in [-0.2, 0) is 9.59 Å². The third kappa shape index (κ3) is 6.62. The number of halogens is 4. The van der Waals surface area contributed by atoms with Gasteiger partial charge >= 0.3 is 0 Å².